The lowest BCUT2D eigenvalue weighted by Crippen LogP contribution is -2.10. The van der Waals surface area contributed by atoms with Crippen molar-refractivity contribution in [3.05, 3.63) is 0 Å². The molecule has 2 rings (SSSR count). The van der Waals surface area contributed by atoms with Crippen molar-refractivity contribution in [1.29, 1.82) is 0 Å². The normalized spacial score (nSPS) is 44.0. The molecule has 43 valence electrons. The number of hydrogen-bond donors (Lipinski definition) is 1. The van der Waals surface area contributed by atoms with Gasteiger partial charge in [-0.05, 0) is 24.9 Å². The first kappa shape index (κ1) is 4.86. The Kier molecular flexibility index (Phi) is 1.07. The summed E-state index contributed by atoms with van der Waals surface area (Å²) in [6.07, 6.45) is 2.75. The van der Waals surface area contributed by atoms with Crippen LogP contribution in [0.2, 0.25) is 12.6 Å². The monoisotopic (exact) mass is 108 g/mol. The van der Waals surface area contributed by atoms with Gasteiger partial charge >= 0.3 is 0 Å². The van der Waals surface area contributed by atoms with Crippen molar-refractivity contribution in [3.8, 4) is 0 Å². The van der Waals surface area contributed by atoms with E-state index in [1.807, 2.05) is 0 Å². The van der Waals surface area contributed by atoms with E-state index >= 15 is 0 Å². The Labute approximate surface area is 51.1 Å². The summed E-state index contributed by atoms with van der Waals surface area (Å²) in [6.45, 7) is 2.56. The fraction of sp³-hybridized carbons (Fsp3) is 1.00. The van der Waals surface area contributed by atoms with Gasteiger partial charge in [-0.15, -0.1) is 0 Å². The highest BCUT2D eigenvalue weighted by Gasteiger charge is 2.30. The van der Waals surface area contributed by atoms with Gasteiger partial charge in [-0.25, -0.2) is 0 Å². The Bertz CT molecular complexity index is 74.5. The minimum atomic E-state index is 1.01. The van der Waals surface area contributed by atoms with Crippen LogP contribution >= 0.6 is 0 Å². The first-order chi connectivity index (χ1) is 3.97. The van der Waals surface area contributed by atoms with Gasteiger partial charge < -0.3 is 5.32 Å². The largest absolute Gasteiger partial charge is 0.316 e. The summed E-state index contributed by atoms with van der Waals surface area (Å²) in [5.74, 6) is 2.02. The molecule has 2 atom stereocenters. The number of fused-ring (bicyclic) bond motifs is 1. The maximum Gasteiger partial charge on any atom is 0.110 e. The molecule has 2 aliphatic heterocycles. The van der Waals surface area contributed by atoms with E-state index in [2.05, 4.69) is 12.6 Å². The molecule has 0 amide bonds. The third-order valence-corrected chi connectivity index (χ3v) is 2.42. The smallest absolute Gasteiger partial charge is 0.110 e. The van der Waals surface area contributed by atoms with Crippen molar-refractivity contribution >= 4 is 7.28 Å². The third-order valence-electron chi connectivity index (χ3n) is 2.42. The highest BCUT2D eigenvalue weighted by Crippen LogP contribution is 2.30. The van der Waals surface area contributed by atoms with E-state index in [0.717, 1.165) is 11.8 Å². The minimum Gasteiger partial charge on any atom is -0.316 e. The fourth-order valence-corrected chi connectivity index (χ4v) is 1.86. The van der Waals surface area contributed by atoms with Crippen LogP contribution in [0.5, 0.6) is 0 Å². The highest BCUT2D eigenvalue weighted by molar-refractivity contribution is 6.36. The molecule has 0 spiro atoms. The Morgan fingerprint density at radius 1 is 1.12 bits per heavy atom. The van der Waals surface area contributed by atoms with Crippen LogP contribution in [0.4, 0.5) is 0 Å². The molecule has 2 unspecified atom stereocenters. The van der Waals surface area contributed by atoms with E-state index in [-0.39, 0.29) is 0 Å². The molecule has 2 aliphatic rings. The molecule has 2 fully saturated rings. The quantitative estimate of drug-likeness (QED) is 0.442. The molecule has 0 aromatic heterocycles. The Morgan fingerprint density at radius 2 is 1.75 bits per heavy atom. The summed E-state index contributed by atoms with van der Waals surface area (Å²) in [5.41, 5.74) is 0. The van der Waals surface area contributed by atoms with Crippen LogP contribution in [-0.2, 0) is 0 Å². The van der Waals surface area contributed by atoms with Crippen LogP contribution in [-0.4, -0.2) is 20.4 Å². The van der Waals surface area contributed by atoms with Crippen LogP contribution in [0.25, 0.3) is 0 Å². The predicted octanol–water partition coefficient (Wildman–Crippen LogP) is 0.376. The van der Waals surface area contributed by atoms with Gasteiger partial charge in [-0.2, -0.15) is 0 Å². The average Bonchev–Trinajstić information content (AvgIpc) is 2.15. The standard InChI is InChI=1S/C6H11BN/c1-5-3-8-4-6(5)2-7-1/h5-6,8H,1-4H2. The van der Waals surface area contributed by atoms with Crippen LogP contribution < -0.4 is 5.32 Å². The molecule has 0 aromatic carbocycles. The summed E-state index contributed by atoms with van der Waals surface area (Å²) in [6, 6.07) is 0. The summed E-state index contributed by atoms with van der Waals surface area (Å²) in [7, 11) is 2.44. The fourth-order valence-electron chi connectivity index (χ4n) is 1.86. The molecular weight excluding hydrogens is 96.9 g/mol. The Balaban J connectivity index is 2.04. The maximum atomic E-state index is 3.40. The van der Waals surface area contributed by atoms with Gasteiger partial charge in [0.15, 0.2) is 0 Å². The lowest BCUT2D eigenvalue weighted by atomic mass is 9.75. The molecule has 2 saturated heterocycles. The molecule has 1 radical (unpaired) electrons. The van der Waals surface area contributed by atoms with E-state index < -0.39 is 0 Å². The SMILES string of the molecule is [B]1CC2CNCC2C1. The van der Waals surface area contributed by atoms with Gasteiger partial charge in [0, 0.05) is 0 Å². The summed E-state index contributed by atoms with van der Waals surface area (Å²) >= 11 is 0. The first-order valence-corrected chi connectivity index (χ1v) is 3.49. The third kappa shape index (κ3) is 0.592. The van der Waals surface area contributed by atoms with Crippen molar-refractivity contribution < 1.29 is 0 Å². The topological polar surface area (TPSA) is 12.0 Å². The van der Waals surface area contributed by atoms with Gasteiger partial charge in [-0.1, -0.05) is 12.6 Å². The molecule has 0 saturated carbocycles. The highest BCUT2D eigenvalue weighted by atomic mass is 14.9. The first-order valence-electron chi connectivity index (χ1n) is 3.49. The van der Waals surface area contributed by atoms with Gasteiger partial charge in [-0.3, -0.25) is 0 Å². The van der Waals surface area contributed by atoms with Crippen molar-refractivity contribution in [1.82, 2.24) is 5.32 Å². The van der Waals surface area contributed by atoms with Crippen LogP contribution in [0.15, 0.2) is 0 Å². The molecule has 0 bridgehead atoms. The zero-order valence-corrected chi connectivity index (χ0v) is 5.06. The molecule has 0 aliphatic carbocycles. The number of hydrogen-bond acceptors (Lipinski definition) is 1. The second kappa shape index (κ2) is 1.76. The lowest BCUT2D eigenvalue weighted by molar-refractivity contribution is 0.525. The van der Waals surface area contributed by atoms with E-state index in [9.17, 15) is 0 Å². The van der Waals surface area contributed by atoms with Crippen molar-refractivity contribution in [2.24, 2.45) is 11.8 Å². The van der Waals surface area contributed by atoms with E-state index in [0.29, 0.717) is 0 Å². The number of rotatable bonds is 0. The zero-order valence-electron chi connectivity index (χ0n) is 5.06. The van der Waals surface area contributed by atoms with Crippen molar-refractivity contribution in [3.63, 3.8) is 0 Å². The number of nitrogens with one attached hydrogen (secondary N) is 1. The summed E-state index contributed by atoms with van der Waals surface area (Å²) in [4.78, 5) is 0. The Morgan fingerprint density at radius 3 is 2.38 bits per heavy atom. The molecule has 1 nitrogen and oxygen atoms in total. The van der Waals surface area contributed by atoms with Gasteiger partial charge in [0.05, 0.1) is 0 Å². The molecule has 2 heteroatoms. The minimum absolute atomic E-state index is 1.01. The van der Waals surface area contributed by atoms with Gasteiger partial charge in [0.25, 0.3) is 0 Å². The van der Waals surface area contributed by atoms with E-state index in [1.54, 1.807) is 0 Å². The predicted molar refractivity (Wildman–Crippen MR) is 35.2 cm³/mol. The lowest BCUT2D eigenvalue weighted by Gasteiger charge is -2.03. The van der Waals surface area contributed by atoms with Gasteiger partial charge in [0.1, 0.15) is 7.28 Å². The van der Waals surface area contributed by atoms with Crippen molar-refractivity contribution in [2.45, 2.75) is 12.6 Å². The molecule has 8 heavy (non-hydrogen) atoms. The van der Waals surface area contributed by atoms with Crippen LogP contribution in [0.1, 0.15) is 0 Å². The average molecular weight is 108 g/mol. The van der Waals surface area contributed by atoms with Crippen LogP contribution in [0, 0.1) is 11.8 Å². The molecule has 0 aromatic rings. The van der Waals surface area contributed by atoms with E-state index in [4.69, 9.17) is 0 Å². The van der Waals surface area contributed by atoms with Crippen molar-refractivity contribution in [2.75, 3.05) is 13.1 Å². The molecule has 1 N–H and O–H groups in total. The van der Waals surface area contributed by atoms with Gasteiger partial charge in [0.2, 0.25) is 0 Å². The molecule has 2 heterocycles. The summed E-state index contributed by atoms with van der Waals surface area (Å²) < 4.78 is 0. The second-order valence-corrected chi connectivity index (χ2v) is 2.94. The summed E-state index contributed by atoms with van der Waals surface area (Å²) in [5, 5.41) is 3.40. The van der Waals surface area contributed by atoms with E-state index in [1.165, 1.54) is 25.7 Å². The molecular formula is C6H11BN. The zero-order chi connectivity index (χ0) is 5.40. The second-order valence-electron chi connectivity index (χ2n) is 2.94. The maximum absolute atomic E-state index is 3.40. The van der Waals surface area contributed by atoms with Crippen LogP contribution in [0.3, 0.4) is 0 Å². The Hall–Kier alpha value is 0.0249.